The topological polar surface area (TPSA) is 62.1 Å². The van der Waals surface area contributed by atoms with Crippen LogP contribution in [-0.2, 0) is 0 Å². The van der Waals surface area contributed by atoms with Crippen molar-refractivity contribution in [3.8, 4) is 0 Å². The van der Waals surface area contributed by atoms with Crippen LogP contribution in [0.4, 0.5) is 0 Å². The Morgan fingerprint density at radius 3 is 3.11 bits per heavy atom. The highest BCUT2D eigenvalue weighted by atomic mass is 16.2. The van der Waals surface area contributed by atoms with E-state index in [0.29, 0.717) is 6.54 Å². The van der Waals surface area contributed by atoms with Crippen LogP contribution in [-0.4, -0.2) is 34.9 Å². The first-order valence-electron chi connectivity index (χ1n) is 6.88. The van der Waals surface area contributed by atoms with E-state index in [9.17, 15) is 4.79 Å². The summed E-state index contributed by atoms with van der Waals surface area (Å²) in [5, 5.41) is 1.08. The van der Waals surface area contributed by atoms with E-state index < -0.39 is 0 Å². The monoisotopic (exact) mass is 257 g/mol. The lowest BCUT2D eigenvalue weighted by molar-refractivity contribution is 0.0623. The van der Waals surface area contributed by atoms with E-state index in [1.165, 1.54) is 6.42 Å². The van der Waals surface area contributed by atoms with Crippen molar-refractivity contribution in [1.82, 2.24) is 9.88 Å². The fraction of sp³-hybridized carbons (Fsp3) is 0.400. The number of rotatable bonds is 2. The molecule has 1 saturated heterocycles. The normalized spacial score (nSPS) is 19.8. The number of piperidine rings is 1. The van der Waals surface area contributed by atoms with E-state index in [0.717, 1.165) is 35.9 Å². The Hall–Kier alpha value is -1.81. The minimum absolute atomic E-state index is 0.109. The maximum Gasteiger partial charge on any atom is 0.254 e. The standard InChI is InChI=1S/C15H19N3O/c16-10-13-3-1-2-8-18(13)15(19)12-4-5-14-11(9-12)6-7-17-14/h4-7,9,13,17H,1-3,8,10,16H2. The first-order chi connectivity index (χ1) is 9.29. The highest BCUT2D eigenvalue weighted by molar-refractivity contribution is 5.98. The Morgan fingerprint density at radius 1 is 1.37 bits per heavy atom. The van der Waals surface area contributed by atoms with E-state index in [1.807, 2.05) is 35.4 Å². The lowest BCUT2D eigenvalue weighted by atomic mass is 10.0. The molecule has 4 heteroatoms. The first kappa shape index (κ1) is 12.2. The number of benzene rings is 1. The molecular formula is C15H19N3O. The summed E-state index contributed by atoms with van der Waals surface area (Å²) in [7, 11) is 0. The van der Waals surface area contributed by atoms with Gasteiger partial charge in [0.2, 0.25) is 0 Å². The second-order valence-electron chi connectivity index (χ2n) is 5.16. The second-order valence-corrected chi connectivity index (χ2v) is 5.16. The van der Waals surface area contributed by atoms with Crippen LogP contribution in [0.5, 0.6) is 0 Å². The largest absolute Gasteiger partial charge is 0.361 e. The zero-order valence-corrected chi connectivity index (χ0v) is 10.9. The van der Waals surface area contributed by atoms with Crippen molar-refractivity contribution in [2.75, 3.05) is 13.1 Å². The molecule has 3 rings (SSSR count). The zero-order valence-electron chi connectivity index (χ0n) is 10.9. The predicted molar refractivity (Wildman–Crippen MR) is 76.0 cm³/mol. The van der Waals surface area contributed by atoms with E-state index in [-0.39, 0.29) is 11.9 Å². The molecule has 1 aliphatic heterocycles. The third kappa shape index (κ3) is 2.24. The van der Waals surface area contributed by atoms with Crippen molar-refractivity contribution < 1.29 is 4.79 Å². The number of hydrogen-bond acceptors (Lipinski definition) is 2. The summed E-state index contributed by atoms with van der Waals surface area (Å²) in [5.74, 6) is 0.109. The first-order valence-corrected chi connectivity index (χ1v) is 6.88. The van der Waals surface area contributed by atoms with Crippen molar-refractivity contribution in [3.05, 3.63) is 36.0 Å². The summed E-state index contributed by atoms with van der Waals surface area (Å²) >= 11 is 0. The number of carbonyl (C=O) groups is 1. The molecule has 1 aromatic carbocycles. The minimum Gasteiger partial charge on any atom is -0.361 e. The second kappa shape index (κ2) is 5.05. The Balaban J connectivity index is 1.89. The van der Waals surface area contributed by atoms with Crippen LogP contribution in [0.15, 0.2) is 30.5 Å². The number of fused-ring (bicyclic) bond motifs is 1. The van der Waals surface area contributed by atoms with Crippen LogP contribution < -0.4 is 5.73 Å². The van der Waals surface area contributed by atoms with Crippen molar-refractivity contribution in [1.29, 1.82) is 0 Å². The summed E-state index contributed by atoms with van der Waals surface area (Å²) in [4.78, 5) is 17.7. The predicted octanol–water partition coefficient (Wildman–Crippen LogP) is 2.12. The summed E-state index contributed by atoms with van der Waals surface area (Å²) in [6.45, 7) is 1.38. The van der Waals surface area contributed by atoms with Gasteiger partial charge in [0.1, 0.15) is 0 Å². The molecule has 19 heavy (non-hydrogen) atoms. The van der Waals surface area contributed by atoms with E-state index >= 15 is 0 Å². The zero-order chi connectivity index (χ0) is 13.2. The molecule has 1 unspecified atom stereocenters. The number of nitrogens with one attached hydrogen (secondary N) is 1. The molecule has 0 saturated carbocycles. The molecule has 0 bridgehead atoms. The Kier molecular flexibility index (Phi) is 3.25. The number of carbonyl (C=O) groups excluding carboxylic acids is 1. The maximum absolute atomic E-state index is 12.6. The molecule has 1 aliphatic rings. The van der Waals surface area contributed by atoms with Gasteiger partial charge in [0.05, 0.1) is 0 Å². The molecule has 1 atom stereocenters. The molecule has 4 nitrogen and oxygen atoms in total. The van der Waals surface area contributed by atoms with Gasteiger partial charge in [-0.15, -0.1) is 0 Å². The molecule has 1 fully saturated rings. The molecular weight excluding hydrogens is 238 g/mol. The van der Waals surface area contributed by atoms with E-state index in [2.05, 4.69) is 4.98 Å². The average Bonchev–Trinajstić information content (AvgIpc) is 2.93. The van der Waals surface area contributed by atoms with Gasteiger partial charge in [-0.2, -0.15) is 0 Å². The fourth-order valence-electron chi connectivity index (χ4n) is 2.87. The van der Waals surface area contributed by atoms with E-state index in [4.69, 9.17) is 5.73 Å². The summed E-state index contributed by atoms with van der Waals surface area (Å²) in [6, 6.07) is 8.00. The van der Waals surface area contributed by atoms with Gasteiger partial charge in [-0.25, -0.2) is 0 Å². The van der Waals surface area contributed by atoms with Crippen LogP contribution >= 0.6 is 0 Å². The van der Waals surface area contributed by atoms with Crippen LogP contribution in [0.1, 0.15) is 29.6 Å². The van der Waals surface area contributed by atoms with Crippen molar-refractivity contribution in [3.63, 3.8) is 0 Å². The third-order valence-corrected chi connectivity index (χ3v) is 3.96. The molecule has 1 aromatic heterocycles. The van der Waals surface area contributed by atoms with E-state index in [1.54, 1.807) is 0 Å². The minimum atomic E-state index is 0.109. The lowest BCUT2D eigenvalue weighted by Crippen LogP contribution is -2.47. The molecule has 2 heterocycles. The smallest absolute Gasteiger partial charge is 0.254 e. The van der Waals surface area contributed by atoms with Crippen molar-refractivity contribution in [2.24, 2.45) is 5.73 Å². The SMILES string of the molecule is NCC1CCCCN1C(=O)c1ccc2[nH]ccc2c1. The summed E-state index contributed by atoms with van der Waals surface area (Å²) in [5.41, 5.74) is 7.60. The average molecular weight is 257 g/mol. The Morgan fingerprint density at radius 2 is 2.26 bits per heavy atom. The number of aromatic amines is 1. The van der Waals surface area contributed by atoms with Crippen LogP contribution in [0, 0.1) is 0 Å². The molecule has 100 valence electrons. The number of nitrogens with two attached hydrogens (primary N) is 1. The van der Waals surface area contributed by atoms with Crippen LogP contribution in [0.3, 0.4) is 0 Å². The third-order valence-electron chi connectivity index (χ3n) is 3.96. The molecule has 2 aromatic rings. The van der Waals surface area contributed by atoms with Crippen molar-refractivity contribution in [2.45, 2.75) is 25.3 Å². The maximum atomic E-state index is 12.6. The number of H-pyrrole nitrogens is 1. The molecule has 0 spiro atoms. The summed E-state index contributed by atoms with van der Waals surface area (Å²) < 4.78 is 0. The highest BCUT2D eigenvalue weighted by Crippen LogP contribution is 2.21. The van der Waals surface area contributed by atoms with Gasteiger partial charge in [-0.05, 0) is 43.5 Å². The van der Waals surface area contributed by atoms with Crippen LogP contribution in [0.25, 0.3) is 10.9 Å². The van der Waals surface area contributed by atoms with Crippen LogP contribution in [0.2, 0.25) is 0 Å². The van der Waals surface area contributed by atoms with Gasteiger partial charge < -0.3 is 15.6 Å². The number of nitrogens with zero attached hydrogens (tertiary/aromatic N) is 1. The number of likely N-dealkylation sites (tertiary alicyclic amines) is 1. The summed E-state index contributed by atoms with van der Waals surface area (Å²) in [6.07, 6.45) is 5.16. The van der Waals surface area contributed by atoms with Gasteiger partial charge in [-0.1, -0.05) is 0 Å². The van der Waals surface area contributed by atoms with Crippen molar-refractivity contribution >= 4 is 16.8 Å². The fourth-order valence-corrected chi connectivity index (χ4v) is 2.87. The van der Waals surface area contributed by atoms with Gasteiger partial charge in [0.15, 0.2) is 0 Å². The quantitative estimate of drug-likeness (QED) is 0.865. The van der Waals surface area contributed by atoms with Gasteiger partial charge in [0.25, 0.3) is 5.91 Å². The lowest BCUT2D eigenvalue weighted by Gasteiger charge is -2.35. The number of aromatic nitrogens is 1. The highest BCUT2D eigenvalue weighted by Gasteiger charge is 2.26. The van der Waals surface area contributed by atoms with Gasteiger partial charge >= 0.3 is 0 Å². The number of hydrogen-bond donors (Lipinski definition) is 2. The van der Waals surface area contributed by atoms with Gasteiger partial charge in [-0.3, -0.25) is 4.79 Å². The molecule has 1 amide bonds. The number of amides is 1. The molecule has 0 aliphatic carbocycles. The Bertz CT molecular complexity index is 590. The molecule has 3 N–H and O–H groups in total. The molecule has 0 radical (unpaired) electrons. The Labute approximate surface area is 112 Å². The van der Waals surface area contributed by atoms with Gasteiger partial charge in [0, 0.05) is 41.8 Å².